The Morgan fingerprint density at radius 1 is 0.600 bits per heavy atom. The first-order valence-corrected chi connectivity index (χ1v) is 5.49. The number of ketones is 2. The smallest absolute Gasteiger partial charge is 0.200 e. The molecule has 0 saturated heterocycles. The number of rotatable bonds is 0. The molecular weight excluding hydrogens is 276 g/mol. The normalized spacial score (nSPS) is 13.2. The van der Waals surface area contributed by atoms with E-state index in [4.69, 9.17) is 0 Å². The molecule has 1 aliphatic rings. The van der Waals surface area contributed by atoms with Crippen molar-refractivity contribution in [2.75, 3.05) is 0 Å². The fraction of sp³-hybridized carbons (Fsp3) is 0. The number of hydrogen-bond acceptors (Lipinski definition) is 2. The third kappa shape index (κ3) is 1.44. The van der Waals surface area contributed by atoms with Crippen LogP contribution in [0, 0.1) is 23.3 Å². The van der Waals surface area contributed by atoms with Crippen molar-refractivity contribution in [3.05, 3.63) is 69.8 Å². The molecule has 2 aromatic carbocycles. The van der Waals surface area contributed by atoms with Crippen molar-refractivity contribution in [3.63, 3.8) is 0 Å². The van der Waals surface area contributed by atoms with Crippen molar-refractivity contribution in [2.24, 2.45) is 0 Å². The van der Waals surface area contributed by atoms with Crippen LogP contribution in [0.15, 0.2) is 24.3 Å². The van der Waals surface area contributed by atoms with Gasteiger partial charge in [0.1, 0.15) is 11.6 Å². The van der Waals surface area contributed by atoms with E-state index in [1.807, 2.05) is 0 Å². The largest absolute Gasteiger partial charge is 0.288 e. The van der Waals surface area contributed by atoms with Gasteiger partial charge >= 0.3 is 0 Å². The molecule has 0 amide bonds. The predicted molar refractivity (Wildman–Crippen MR) is 59.6 cm³/mol. The van der Waals surface area contributed by atoms with E-state index in [9.17, 15) is 27.2 Å². The van der Waals surface area contributed by atoms with Crippen LogP contribution in [0.5, 0.6) is 0 Å². The van der Waals surface area contributed by atoms with E-state index < -0.39 is 57.1 Å². The van der Waals surface area contributed by atoms with Crippen LogP contribution in [0.25, 0.3) is 0 Å². The molecule has 2 nitrogen and oxygen atoms in total. The highest BCUT2D eigenvalue weighted by Crippen LogP contribution is 2.32. The van der Waals surface area contributed by atoms with Crippen LogP contribution < -0.4 is 0 Å². The molecule has 0 bridgehead atoms. The molecule has 2 aromatic rings. The standard InChI is InChI=1S/C14H4F4O2/c15-6-3-4-7(16)11-10(6)13(19)5-1-2-8(17)12(18)9(5)14(11)20/h1-4H. The van der Waals surface area contributed by atoms with Gasteiger partial charge in [-0.2, -0.15) is 0 Å². The molecule has 0 aliphatic heterocycles. The lowest BCUT2D eigenvalue weighted by molar-refractivity contribution is 0.0968. The van der Waals surface area contributed by atoms with E-state index in [-0.39, 0.29) is 0 Å². The van der Waals surface area contributed by atoms with Gasteiger partial charge in [-0.3, -0.25) is 9.59 Å². The zero-order valence-corrected chi connectivity index (χ0v) is 9.64. The molecule has 3 rings (SSSR count). The van der Waals surface area contributed by atoms with Crippen molar-refractivity contribution in [3.8, 4) is 0 Å². The van der Waals surface area contributed by atoms with Crippen LogP contribution in [0.2, 0.25) is 0 Å². The highest BCUT2D eigenvalue weighted by Gasteiger charge is 2.37. The fourth-order valence-electron chi connectivity index (χ4n) is 2.22. The van der Waals surface area contributed by atoms with E-state index >= 15 is 0 Å². The molecule has 0 fully saturated rings. The van der Waals surface area contributed by atoms with Gasteiger partial charge < -0.3 is 0 Å². The van der Waals surface area contributed by atoms with Crippen LogP contribution in [0.3, 0.4) is 0 Å². The van der Waals surface area contributed by atoms with Crippen LogP contribution >= 0.6 is 0 Å². The van der Waals surface area contributed by atoms with Crippen molar-refractivity contribution in [1.82, 2.24) is 0 Å². The zero-order valence-electron chi connectivity index (χ0n) is 9.64. The predicted octanol–water partition coefficient (Wildman–Crippen LogP) is 3.02. The molecule has 0 aromatic heterocycles. The lowest BCUT2D eigenvalue weighted by Gasteiger charge is -2.18. The molecule has 1 aliphatic carbocycles. The monoisotopic (exact) mass is 280 g/mol. The van der Waals surface area contributed by atoms with Gasteiger partial charge in [-0.05, 0) is 24.3 Å². The lowest BCUT2D eigenvalue weighted by atomic mass is 9.83. The molecule has 0 unspecified atom stereocenters. The molecule has 20 heavy (non-hydrogen) atoms. The SMILES string of the molecule is O=C1c2ccc(F)c(F)c2C(=O)c2c(F)ccc(F)c21. The summed E-state index contributed by atoms with van der Waals surface area (Å²) in [5.74, 6) is -7.43. The maximum Gasteiger partial charge on any atom is 0.200 e. The molecule has 0 radical (unpaired) electrons. The first kappa shape index (κ1) is 12.5. The Hall–Kier alpha value is -2.50. The van der Waals surface area contributed by atoms with Crippen molar-refractivity contribution < 1.29 is 27.2 Å². The summed E-state index contributed by atoms with van der Waals surface area (Å²) in [6.07, 6.45) is 0. The van der Waals surface area contributed by atoms with E-state index in [0.29, 0.717) is 18.2 Å². The van der Waals surface area contributed by atoms with E-state index in [1.54, 1.807) is 0 Å². The van der Waals surface area contributed by atoms with Gasteiger partial charge in [0, 0.05) is 5.56 Å². The minimum Gasteiger partial charge on any atom is -0.288 e. The summed E-state index contributed by atoms with van der Waals surface area (Å²) in [5, 5.41) is 0. The van der Waals surface area contributed by atoms with Crippen LogP contribution in [0.4, 0.5) is 17.6 Å². The van der Waals surface area contributed by atoms with Gasteiger partial charge in [0.2, 0.25) is 5.78 Å². The topological polar surface area (TPSA) is 34.1 Å². The summed E-state index contributed by atoms with van der Waals surface area (Å²) in [7, 11) is 0. The molecule has 0 heterocycles. The molecule has 0 N–H and O–H groups in total. The van der Waals surface area contributed by atoms with Crippen LogP contribution in [-0.4, -0.2) is 11.6 Å². The Kier molecular flexibility index (Phi) is 2.50. The maximum atomic E-state index is 13.7. The average molecular weight is 280 g/mol. The quantitative estimate of drug-likeness (QED) is 0.593. The second kappa shape index (κ2) is 4.00. The van der Waals surface area contributed by atoms with Crippen LogP contribution in [0.1, 0.15) is 31.8 Å². The van der Waals surface area contributed by atoms with E-state index in [1.165, 1.54) is 0 Å². The summed E-state index contributed by atoms with van der Waals surface area (Å²) in [6, 6.07) is 2.88. The number of benzene rings is 2. The maximum absolute atomic E-state index is 13.7. The highest BCUT2D eigenvalue weighted by atomic mass is 19.2. The van der Waals surface area contributed by atoms with Crippen LogP contribution in [-0.2, 0) is 0 Å². The molecule has 100 valence electrons. The van der Waals surface area contributed by atoms with Gasteiger partial charge in [0.25, 0.3) is 0 Å². The Morgan fingerprint density at radius 2 is 1.10 bits per heavy atom. The second-order valence-electron chi connectivity index (χ2n) is 4.22. The third-order valence-electron chi connectivity index (χ3n) is 3.12. The second-order valence-corrected chi connectivity index (χ2v) is 4.22. The van der Waals surface area contributed by atoms with Gasteiger partial charge in [-0.25, -0.2) is 17.6 Å². The molecule has 0 atom stereocenters. The van der Waals surface area contributed by atoms with Gasteiger partial charge in [0.15, 0.2) is 17.4 Å². The number of hydrogen-bond donors (Lipinski definition) is 0. The Balaban J connectivity index is 2.43. The molecular formula is C14H4F4O2. The Morgan fingerprint density at radius 3 is 1.70 bits per heavy atom. The van der Waals surface area contributed by atoms with Crippen molar-refractivity contribution in [2.45, 2.75) is 0 Å². The number of halogens is 4. The molecule has 0 spiro atoms. The van der Waals surface area contributed by atoms with Gasteiger partial charge in [-0.15, -0.1) is 0 Å². The molecule has 6 heteroatoms. The highest BCUT2D eigenvalue weighted by molar-refractivity contribution is 6.28. The lowest BCUT2D eigenvalue weighted by Crippen LogP contribution is -2.25. The van der Waals surface area contributed by atoms with Crippen molar-refractivity contribution in [1.29, 1.82) is 0 Å². The zero-order chi connectivity index (χ0) is 14.6. The minimum atomic E-state index is -1.55. The summed E-state index contributed by atoms with van der Waals surface area (Å²) < 4.78 is 54.1. The Labute approximate surface area is 109 Å². The summed E-state index contributed by atoms with van der Waals surface area (Å²) in [5.41, 5.74) is -2.97. The van der Waals surface area contributed by atoms with Crippen molar-refractivity contribution >= 4 is 11.6 Å². The number of carbonyl (C=O) groups excluding carboxylic acids is 2. The summed E-state index contributed by atoms with van der Waals surface area (Å²) in [4.78, 5) is 24.1. The van der Waals surface area contributed by atoms with E-state index in [2.05, 4.69) is 0 Å². The van der Waals surface area contributed by atoms with E-state index in [0.717, 1.165) is 6.07 Å². The average Bonchev–Trinajstić information content (AvgIpc) is 2.41. The van der Waals surface area contributed by atoms with Gasteiger partial charge in [0.05, 0.1) is 16.7 Å². The Bertz CT molecular complexity index is 792. The summed E-state index contributed by atoms with van der Waals surface area (Å²) >= 11 is 0. The minimum absolute atomic E-state index is 0.481. The molecule has 0 saturated carbocycles. The first-order chi connectivity index (χ1) is 9.43. The third-order valence-corrected chi connectivity index (χ3v) is 3.12. The fourth-order valence-corrected chi connectivity index (χ4v) is 2.22. The number of carbonyl (C=O) groups is 2. The number of fused-ring (bicyclic) bond motifs is 2. The van der Waals surface area contributed by atoms with Gasteiger partial charge in [-0.1, -0.05) is 0 Å². The summed E-state index contributed by atoms with van der Waals surface area (Å²) in [6.45, 7) is 0. The first-order valence-electron chi connectivity index (χ1n) is 5.49.